The maximum absolute atomic E-state index is 10.5. The molecular formula is C25H47NO8. The molecule has 5 atom stereocenters. The number of carboxylic acids is 1. The Balaban J connectivity index is 0.00000116. The minimum Gasteiger partial charge on any atom is -0.481 e. The summed E-state index contributed by atoms with van der Waals surface area (Å²) in [5.41, 5.74) is 3.05. The van der Waals surface area contributed by atoms with Crippen LogP contribution < -0.4 is 5.73 Å². The number of carbonyl (C=O) groups is 1. The molecule has 0 saturated heterocycles. The topological polar surface area (TPSA) is 185 Å². The zero-order valence-corrected chi connectivity index (χ0v) is 20.7. The fourth-order valence-corrected chi connectivity index (χ4v) is 3.73. The van der Waals surface area contributed by atoms with Crippen molar-refractivity contribution in [1.82, 2.24) is 0 Å². The first-order valence-electron chi connectivity index (χ1n) is 12.2. The van der Waals surface area contributed by atoms with Crippen LogP contribution >= 0.6 is 0 Å². The quantitative estimate of drug-likeness (QED) is 0.123. The summed E-state index contributed by atoms with van der Waals surface area (Å²) in [6.45, 7) is 2.70. The molecule has 0 aromatic carbocycles. The van der Waals surface area contributed by atoms with Crippen LogP contribution in [0.2, 0.25) is 0 Å². The molecule has 9 nitrogen and oxygen atoms in total. The van der Waals surface area contributed by atoms with E-state index in [1.54, 1.807) is 13.0 Å². The van der Waals surface area contributed by atoms with Gasteiger partial charge in [-0.15, -0.1) is 0 Å². The second-order valence-corrected chi connectivity index (χ2v) is 9.61. The standard InChI is InChI=1S/C21H36O5.C4H11NO3/c1-3-4-9-13-21(2,26)14-12-17-16(18(22)15-19(17)23)10-7-5-6-8-11-20(24)25;5-4(1-6,2-7)3-8/h5,7,12,14,16-19,22-23,26H,3-4,6,8-11,13,15H2,1-2H3,(H,24,25);6-8H,1-3,5H2/b7-5+,14-12+;/t16-,17-,18+,19-,21+;/m1./s1. The summed E-state index contributed by atoms with van der Waals surface area (Å²) >= 11 is 0. The average molecular weight is 490 g/mol. The number of rotatable bonds is 15. The van der Waals surface area contributed by atoms with Gasteiger partial charge in [-0.25, -0.2) is 0 Å². The molecule has 1 aliphatic rings. The highest BCUT2D eigenvalue weighted by Gasteiger charge is 2.39. The molecular weight excluding hydrogens is 442 g/mol. The predicted octanol–water partition coefficient (Wildman–Crippen LogP) is 1.09. The molecule has 34 heavy (non-hydrogen) atoms. The fraction of sp³-hybridized carbons (Fsp3) is 0.800. The van der Waals surface area contributed by atoms with Crippen LogP contribution in [0.15, 0.2) is 24.3 Å². The highest BCUT2D eigenvalue weighted by molar-refractivity contribution is 5.66. The first-order valence-corrected chi connectivity index (χ1v) is 12.2. The Hall–Kier alpha value is -1.33. The Bertz CT molecular complexity index is 595. The van der Waals surface area contributed by atoms with E-state index >= 15 is 0 Å². The lowest BCUT2D eigenvalue weighted by molar-refractivity contribution is -0.137. The number of hydrogen-bond acceptors (Lipinski definition) is 8. The maximum Gasteiger partial charge on any atom is 0.303 e. The number of aliphatic hydroxyl groups is 6. The van der Waals surface area contributed by atoms with Gasteiger partial charge < -0.3 is 41.5 Å². The van der Waals surface area contributed by atoms with E-state index < -0.39 is 49.1 Å². The number of hydrogen-bond donors (Lipinski definition) is 8. The molecule has 0 spiro atoms. The molecule has 1 fully saturated rings. The van der Waals surface area contributed by atoms with Crippen LogP contribution in [0.5, 0.6) is 0 Å². The highest BCUT2D eigenvalue weighted by Crippen LogP contribution is 2.37. The van der Waals surface area contributed by atoms with Crippen molar-refractivity contribution in [1.29, 1.82) is 0 Å². The van der Waals surface area contributed by atoms with Gasteiger partial charge in [-0.2, -0.15) is 0 Å². The monoisotopic (exact) mass is 489 g/mol. The Labute approximate surface area is 203 Å². The Morgan fingerprint density at radius 2 is 1.65 bits per heavy atom. The van der Waals surface area contributed by atoms with Gasteiger partial charge in [-0.1, -0.05) is 50.5 Å². The number of allylic oxidation sites excluding steroid dienone is 2. The van der Waals surface area contributed by atoms with E-state index in [0.29, 0.717) is 32.1 Å². The van der Waals surface area contributed by atoms with Gasteiger partial charge in [0.1, 0.15) is 0 Å². The molecule has 0 bridgehead atoms. The third kappa shape index (κ3) is 13.5. The van der Waals surface area contributed by atoms with E-state index in [9.17, 15) is 20.1 Å². The molecule has 0 unspecified atom stereocenters. The highest BCUT2D eigenvalue weighted by atomic mass is 16.4. The normalized spacial score (nSPS) is 24.9. The molecule has 200 valence electrons. The van der Waals surface area contributed by atoms with Gasteiger partial charge in [-0.3, -0.25) is 4.79 Å². The number of unbranched alkanes of at least 4 members (excludes halogenated alkanes) is 3. The van der Waals surface area contributed by atoms with Crippen LogP contribution in [0, 0.1) is 11.8 Å². The molecule has 0 aromatic heterocycles. The Kier molecular flexibility index (Phi) is 16.5. The van der Waals surface area contributed by atoms with Gasteiger partial charge in [0.15, 0.2) is 0 Å². The third-order valence-corrected chi connectivity index (χ3v) is 6.16. The second kappa shape index (κ2) is 17.2. The van der Waals surface area contributed by atoms with E-state index in [-0.39, 0.29) is 18.3 Å². The molecule has 0 aromatic rings. The third-order valence-electron chi connectivity index (χ3n) is 6.16. The predicted molar refractivity (Wildman–Crippen MR) is 131 cm³/mol. The summed E-state index contributed by atoms with van der Waals surface area (Å²) in [6, 6.07) is 0. The molecule has 1 aliphatic carbocycles. The van der Waals surface area contributed by atoms with Crippen molar-refractivity contribution in [3.05, 3.63) is 24.3 Å². The zero-order chi connectivity index (χ0) is 26.2. The first kappa shape index (κ1) is 32.7. The van der Waals surface area contributed by atoms with Crippen LogP contribution in [-0.4, -0.2) is 84.9 Å². The molecule has 0 radical (unpaired) electrons. The minimum absolute atomic E-state index is 0.0802. The van der Waals surface area contributed by atoms with E-state index in [0.717, 1.165) is 19.3 Å². The van der Waals surface area contributed by atoms with E-state index in [2.05, 4.69) is 6.92 Å². The lowest BCUT2D eigenvalue weighted by Gasteiger charge is -2.23. The average Bonchev–Trinajstić information content (AvgIpc) is 3.06. The van der Waals surface area contributed by atoms with Crippen molar-refractivity contribution in [2.24, 2.45) is 17.6 Å². The van der Waals surface area contributed by atoms with Crippen molar-refractivity contribution >= 4 is 5.97 Å². The SMILES string of the molecule is CCCCC[C@](C)(O)/C=C/[C@@H]1[C@@H](C/C=C/CCCC(=O)O)[C@@H](O)C[C@H]1O.NC(CO)(CO)CO. The van der Waals surface area contributed by atoms with Gasteiger partial charge >= 0.3 is 5.97 Å². The molecule has 1 rings (SSSR count). The van der Waals surface area contributed by atoms with E-state index in [1.165, 1.54) is 0 Å². The number of carboxylic acid groups (broad SMARTS) is 1. The summed E-state index contributed by atoms with van der Waals surface area (Å²) in [4.78, 5) is 10.5. The molecule has 0 heterocycles. The van der Waals surface area contributed by atoms with E-state index in [4.69, 9.17) is 26.2 Å². The van der Waals surface area contributed by atoms with Crippen molar-refractivity contribution < 1.29 is 40.5 Å². The zero-order valence-electron chi connectivity index (χ0n) is 20.7. The maximum atomic E-state index is 10.5. The lowest BCUT2D eigenvalue weighted by Crippen LogP contribution is -2.50. The summed E-state index contributed by atoms with van der Waals surface area (Å²) < 4.78 is 0. The number of aliphatic carboxylic acids is 1. The number of aliphatic hydroxyl groups excluding tert-OH is 5. The fourth-order valence-electron chi connectivity index (χ4n) is 3.73. The van der Waals surface area contributed by atoms with Crippen LogP contribution in [0.25, 0.3) is 0 Å². The Morgan fingerprint density at radius 3 is 2.15 bits per heavy atom. The van der Waals surface area contributed by atoms with Gasteiger partial charge in [0.05, 0.1) is 43.2 Å². The Morgan fingerprint density at radius 1 is 1.03 bits per heavy atom. The van der Waals surface area contributed by atoms with Crippen LogP contribution in [-0.2, 0) is 4.79 Å². The van der Waals surface area contributed by atoms with Crippen molar-refractivity contribution in [3.63, 3.8) is 0 Å². The largest absolute Gasteiger partial charge is 0.481 e. The van der Waals surface area contributed by atoms with Crippen molar-refractivity contribution in [2.45, 2.75) is 95.0 Å². The van der Waals surface area contributed by atoms with Gasteiger partial charge in [0.2, 0.25) is 0 Å². The summed E-state index contributed by atoms with van der Waals surface area (Å²) in [7, 11) is 0. The molecule has 0 amide bonds. The van der Waals surface area contributed by atoms with Crippen molar-refractivity contribution in [3.8, 4) is 0 Å². The summed E-state index contributed by atoms with van der Waals surface area (Å²) in [6.07, 6.45) is 12.7. The molecule has 1 saturated carbocycles. The van der Waals surface area contributed by atoms with Crippen molar-refractivity contribution in [2.75, 3.05) is 19.8 Å². The lowest BCUT2D eigenvalue weighted by atomic mass is 9.88. The number of nitrogens with two attached hydrogens (primary N) is 1. The van der Waals surface area contributed by atoms with Crippen LogP contribution in [0.1, 0.15) is 71.6 Å². The molecule has 0 aliphatic heterocycles. The summed E-state index contributed by atoms with van der Waals surface area (Å²) in [5.74, 6) is -1.04. The van der Waals surface area contributed by atoms with Crippen LogP contribution in [0.3, 0.4) is 0 Å². The minimum atomic E-state index is -1.21. The smallest absolute Gasteiger partial charge is 0.303 e. The molecule has 9 heteroatoms. The molecule has 9 N–H and O–H groups in total. The van der Waals surface area contributed by atoms with Gasteiger partial charge in [-0.05, 0) is 38.5 Å². The van der Waals surface area contributed by atoms with E-state index in [1.807, 2.05) is 18.2 Å². The van der Waals surface area contributed by atoms with Gasteiger partial charge in [0.25, 0.3) is 0 Å². The first-order chi connectivity index (χ1) is 15.9. The van der Waals surface area contributed by atoms with Gasteiger partial charge in [0, 0.05) is 18.8 Å². The summed E-state index contributed by atoms with van der Waals surface area (Å²) in [5, 5.41) is 64.6. The van der Waals surface area contributed by atoms with Crippen LogP contribution in [0.4, 0.5) is 0 Å². The second-order valence-electron chi connectivity index (χ2n) is 9.61.